The SMILES string of the molecule is O=C(N[C@H]1CCCC[C@H]1n1cc(CO)nn1)OCC1c2ccccc2-c2ccccc21. The lowest BCUT2D eigenvalue weighted by atomic mass is 9.90. The zero-order valence-electron chi connectivity index (χ0n) is 17.3. The topological polar surface area (TPSA) is 89.3 Å². The smallest absolute Gasteiger partial charge is 0.407 e. The lowest BCUT2D eigenvalue weighted by Crippen LogP contribution is -2.43. The molecule has 3 aromatic rings. The fraction of sp³-hybridized carbons (Fsp3) is 0.375. The van der Waals surface area contributed by atoms with Crippen LogP contribution in [-0.4, -0.2) is 38.8 Å². The van der Waals surface area contributed by atoms with Crippen LogP contribution in [0.3, 0.4) is 0 Å². The van der Waals surface area contributed by atoms with Crippen LogP contribution in [0.4, 0.5) is 4.79 Å². The van der Waals surface area contributed by atoms with Crippen LogP contribution < -0.4 is 5.32 Å². The van der Waals surface area contributed by atoms with E-state index in [0.29, 0.717) is 12.3 Å². The lowest BCUT2D eigenvalue weighted by molar-refractivity contribution is 0.129. The summed E-state index contributed by atoms with van der Waals surface area (Å²) in [5.74, 6) is 0.0442. The van der Waals surface area contributed by atoms with Crippen molar-refractivity contribution < 1.29 is 14.6 Å². The number of fused-ring (bicyclic) bond motifs is 3. The monoisotopic (exact) mass is 418 g/mol. The molecule has 0 bridgehead atoms. The number of aliphatic hydroxyl groups excluding tert-OH is 1. The molecule has 31 heavy (non-hydrogen) atoms. The Kier molecular flexibility index (Phi) is 5.42. The van der Waals surface area contributed by atoms with E-state index in [9.17, 15) is 9.90 Å². The molecule has 2 aliphatic carbocycles. The molecule has 2 aromatic carbocycles. The van der Waals surface area contributed by atoms with Crippen LogP contribution in [0, 0.1) is 0 Å². The van der Waals surface area contributed by atoms with E-state index in [4.69, 9.17) is 4.74 Å². The first-order chi connectivity index (χ1) is 15.2. The molecule has 1 fully saturated rings. The summed E-state index contributed by atoms with van der Waals surface area (Å²) < 4.78 is 7.48. The van der Waals surface area contributed by atoms with Gasteiger partial charge in [0.15, 0.2) is 0 Å². The molecule has 1 aromatic heterocycles. The first-order valence-corrected chi connectivity index (χ1v) is 10.9. The Morgan fingerprint density at radius 2 is 1.74 bits per heavy atom. The second-order valence-corrected chi connectivity index (χ2v) is 8.28. The van der Waals surface area contributed by atoms with Crippen LogP contribution in [0.5, 0.6) is 0 Å². The van der Waals surface area contributed by atoms with Crippen molar-refractivity contribution in [3.05, 3.63) is 71.5 Å². The van der Waals surface area contributed by atoms with E-state index in [2.05, 4.69) is 39.9 Å². The molecular formula is C24H26N4O3. The summed E-state index contributed by atoms with van der Waals surface area (Å²) in [6.07, 6.45) is 5.24. The van der Waals surface area contributed by atoms with Gasteiger partial charge in [0, 0.05) is 5.92 Å². The van der Waals surface area contributed by atoms with Gasteiger partial charge in [-0.2, -0.15) is 0 Å². The molecule has 160 valence electrons. The number of carbonyl (C=O) groups excluding carboxylic acids is 1. The summed E-state index contributed by atoms with van der Waals surface area (Å²) in [6, 6.07) is 16.6. The predicted molar refractivity (Wildman–Crippen MR) is 115 cm³/mol. The van der Waals surface area contributed by atoms with E-state index in [1.54, 1.807) is 10.9 Å². The zero-order chi connectivity index (χ0) is 21.2. The Morgan fingerprint density at radius 3 is 2.42 bits per heavy atom. The minimum Gasteiger partial charge on any atom is -0.449 e. The highest BCUT2D eigenvalue weighted by molar-refractivity contribution is 5.79. The van der Waals surface area contributed by atoms with Gasteiger partial charge >= 0.3 is 6.09 Å². The standard InChI is InChI=1S/C24H26N4O3/c29-14-16-13-28(27-26-16)23-12-6-5-11-22(23)25-24(30)31-15-21-19-9-3-1-7-17(19)18-8-2-4-10-20(18)21/h1-4,7-10,13,21-23,29H,5-6,11-12,14-15H2,(H,25,30)/t22-,23+/m0/s1. The van der Waals surface area contributed by atoms with Crippen molar-refractivity contribution in [2.24, 2.45) is 0 Å². The minimum atomic E-state index is -0.402. The van der Waals surface area contributed by atoms with E-state index in [1.165, 1.54) is 22.3 Å². The van der Waals surface area contributed by atoms with Crippen LogP contribution in [0.15, 0.2) is 54.7 Å². The number of hydrogen-bond donors (Lipinski definition) is 2. The number of aliphatic hydroxyl groups is 1. The third kappa shape index (κ3) is 3.81. The van der Waals surface area contributed by atoms with Crippen molar-refractivity contribution in [2.45, 2.75) is 50.3 Å². The molecule has 2 N–H and O–H groups in total. The first kappa shape index (κ1) is 19.8. The number of nitrogens with one attached hydrogen (secondary N) is 1. The van der Waals surface area contributed by atoms with E-state index < -0.39 is 6.09 Å². The first-order valence-electron chi connectivity index (χ1n) is 10.9. The van der Waals surface area contributed by atoms with Crippen LogP contribution in [-0.2, 0) is 11.3 Å². The van der Waals surface area contributed by atoms with Crippen LogP contribution >= 0.6 is 0 Å². The normalized spacial score (nSPS) is 20.2. The maximum absolute atomic E-state index is 12.7. The molecule has 2 aliphatic rings. The molecule has 5 rings (SSSR count). The molecule has 1 saturated carbocycles. The number of hydrogen-bond acceptors (Lipinski definition) is 5. The molecule has 0 aliphatic heterocycles. The maximum atomic E-state index is 12.7. The summed E-state index contributed by atoms with van der Waals surface area (Å²) in [7, 11) is 0. The van der Waals surface area contributed by atoms with Crippen molar-refractivity contribution >= 4 is 6.09 Å². The van der Waals surface area contributed by atoms with Gasteiger partial charge in [-0.05, 0) is 35.1 Å². The number of alkyl carbamates (subject to hydrolysis) is 1. The second-order valence-electron chi connectivity index (χ2n) is 8.28. The van der Waals surface area contributed by atoms with Crippen molar-refractivity contribution in [2.75, 3.05) is 6.61 Å². The van der Waals surface area contributed by atoms with E-state index in [-0.39, 0.29) is 24.6 Å². The summed E-state index contributed by atoms with van der Waals surface area (Å²) in [5.41, 5.74) is 5.36. The van der Waals surface area contributed by atoms with Gasteiger partial charge in [-0.15, -0.1) is 5.10 Å². The molecule has 7 nitrogen and oxygen atoms in total. The molecular weight excluding hydrogens is 392 g/mol. The van der Waals surface area contributed by atoms with Crippen molar-refractivity contribution in [1.29, 1.82) is 0 Å². The van der Waals surface area contributed by atoms with E-state index in [0.717, 1.165) is 25.7 Å². The van der Waals surface area contributed by atoms with E-state index in [1.807, 2.05) is 24.3 Å². The summed E-state index contributed by atoms with van der Waals surface area (Å²) in [5, 5.41) is 20.4. The highest BCUT2D eigenvalue weighted by atomic mass is 16.5. The highest BCUT2D eigenvalue weighted by Crippen LogP contribution is 2.44. The van der Waals surface area contributed by atoms with Crippen molar-refractivity contribution in [3.63, 3.8) is 0 Å². The maximum Gasteiger partial charge on any atom is 0.407 e. The average molecular weight is 418 g/mol. The Morgan fingerprint density at radius 1 is 1.06 bits per heavy atom. The Hall–Kier alpha value is -3.19. The number of aromatic nitrogens is 3. The van der Waals surface area contributed by atoms with Gasteiger partial charge in [-0.3, -0.25) is 0 Å². The summed E-state index contributed by atoms with van der Waals surface area (Å²) >= 11 is 0. The number of nitrogens with zero attached hydrogens (tertiary/aromatic N) is 3. The van der Waals surface area contributed by atoms with Gasteiger partial charge < -0.3 is 15.2 Å². The van der Waals surface area contributed by atoms with Gasteiger partial charge in [-0.1, -0.05) is 66.6 Å². The molecule has 1 heterocycles. The third-order valence-corrected chi connectivity index (χ3v) is 6.44. The van der Waals surface area contributed by atoms with Gasteiger partial charge in [0.25, 0.3) is 0 Å². The number of carbonyl (C=O) groups is 1. The number of amides is 1. The lowest BCUT2D eigenvalue weighted by Gasteiger charge is -2.31. The Balaban J connectivity index is 1.26. The largest absolute Gasteiger partial charge is 0.449 e. The average Bonchev–Trinajstić information content (AvgIpc) is 3.41. The van der Waals surface area contributed by atoms with Crippen LogP contribution in [0.25, 0.3) is 11.1 Å². The Bertz CT molecular complexity index is 1030. The van der Waals surface area contributed by atoms with Crippen LogP contribution in [0.1, 0.15) is 54.5 Å². The molecule has 7 heteroatoms. The molecule has 1 amide bonds. The minimum absolute atomic E-state index is 0.0158. The molecule has 0 unspecified atom stereocenters. The zero-order valence-corrected chi connectivity index (χ0v) is 17.3. The molecule has 0 spiro atoms. The van der Waals surface area contributed by atoms with Gasteiger partial charge in [0.1, 0.15) is 12.3 Å². The van der Waals surface area contributed by atoms with Gasteiger partial charge in [0.05, 0.1) is 24.9 Å². The Labute approximate surface area is 181 Å². The summed E-state index contributed by atoms with van der Waals surface area (Å²) in [4.78, 5) is 12.7. The van der Waals surface area contributed by atoms with Gasteiger partial charge in [0.2, 0.25) is 0 Å². The predicted octanol–water partition coefficient (Wildman–Crippen LogP) is 3.79. The quantitative estimate of drug-likeness (QED) is 0.658. The summed E-state index contributed by atoms with van der Waals surface area (Å²) in [6.45, 7) is 0.159. The number of benzene rings is 2. The van der Waals surface area contributed by atoms with Crippen molar-refractivity contribution in [3.8, 4) is 11.1 Å². The molecule has 0 saturated heterocycles. The van der Waals surface area contributed by atoms with E-state index >= 15 is 0 Å². The fourth-order valence-corrected chi connectivity index (χ4v) is 4.94. The van der Waals surface area contributed by atoms with Crippen molar-refractivity contribution in [1.82, 2.24) is 20.3 Å². The van der Waals surface area contributed by atoms with Crippen LogP contribution in [0.2, 0.25) is 0 Å². The fourth-order valence-electron chi connectivity index (χ4n) is 4.94. The third-order valence-electron chi connectivity index (χ3n) is 6.44. The highest BCUT2D eigenvalue weighted by Gasteiger charge is 2.31. The van der Waals surface area contributed by atoms with Gasteiger partial charge in [-0.25, -0.2) is 9.48 Å². The number of ether oxygens (including phenoxy) is 1. The second kappa shape index (κ2) is 8.51. The number of rotatable bonds is 5. The molecule has 2 atom stereocenters. The molecule has 0 radical (unpaired) electrons.